The largest absolute Gasteiger partial charge is 0.375 e. The second kappa shape index (κ2) is 5.36. The SMILES string of the molecule is CCC1CN(C(=O)C2(N)CCCCC2)CCO1. The molecule has 0 aromatic rings. The molecule has 1 heterocycles. The fraction of sp³-hybridized carbons (Fsp3) is 0.923. The number of hydrogen-bond donors (Lipinski definition) is 1. The predicted molar refractivity (Wildman–Crippen MR) is 66.6 cm³/mol. The van der Waals surface area contributed by atoms with Crippen LogP contribution in [0.25, 0.3) is 0 Å². The van der Waals surface area contributed by atoms with Crippen LogP contribution in [0.4, 0.5) is 0 Å². The molecule has 0 spiro atoms. The van der Waals surface area contributed by atoms with Gasteiger partial charge in [-0.1, -0.05) is 26.2 Å². The van der Waals surface area contributed by atoms with Gasteiger partial charge >= 0.3 is 0 Å². The van der Waals surface area contributed by atoms with E-state index in [4.69, 9.17) is 10.5 Å². The zero-order valence-corrected chi connectivity index (χ0v) is 10.8. The van der Waals surface area contributed by atoms with Crippen LogP contribution in [0.2, 0.25) is 0 Å². The summed E-state index contributed by atoms with van der Waals surface area (Å²) in [7, 11) is 0. The van der Waals surface area contributed by atoms with E-state index >= 15 is 0 Å². The number of carbonyl (C=O) groups excluding carboxylic acids is 1. The Morgan fingerprint density at radius 1 is 1.41 bits per heavy atom. The highest BCUT2D eigenvalue weighted by Gasteiger charge is 2.39. The first kappa shape index (κ1) is 12.8. The summed E-state index contributed by atoms with van der Waals surface area (Å²) in [6.07, 6.45) is 6.24. The lowest BCUT2D eigenvalue weighted by atomic mass is 9.81. The first-order valence-corrected chi connectivity index (χ1v) is 6.85. The third kappa shape index (κ3) is 2.80. The van der Waals surface area contributed by atoms with Crippen molar-refractivity contribution < 1.29 is 9.53 Å². The van der Waals surface area contributed by atoms with E-state index < -0.39 is 5.54 Å². The molecule has 1 saturated carbocycles. The zero-order chi connectivity index (χ0) is 12.3. The van der Waals surface area contributed by atoms with Gasteiger partial charge in [0.2, 0.25) is 5.91 Å². The summed E-state index contributed by atoms with van der Waals surface area (Å²) in [5.41, 5.74) is 5.70. The molecule has 2 aliphatic rings. The Labute approximate surface area is 103 Å². The van der Waals surface area contributed by atoms with E-state index in [1.54, 1.807) is 0 Å². The highest BCUT2D eigenvalue weighted by molar-refractivity contribution is 5.86. The molecule has 1 aliphatic carbocycles. The van der Waals surface area contributed by atoms with Crippen LogP contribution >= 0.6 is 0 Å². The Bertz CT molecular complexity index is 275. The highest BCUT2D eigenvalue weighted by atomic mass is 16.5. The van der Waals surface area contributed by atoms with Crippen molar-refractivity contribution in [3.63, 3.8) is 0 Å². The maximum absolute atomic E-state index is 12.5. The molecule has 1 saturated heterocycles. The number of morpholine rings is 1. The summed E-state index contributed by atoms with van der Waals surface area (Å²) < 4.78 is 5.59. The van der Waals surface area contributed by atoms with Crippen molar-refractivity contribution in [1.82, 2.24) is 4.90 Å². The third-order valence-electron chi connectivity index (χ3n) is 4.05. The fourth-order valence-electron chi connectivity index (χ4n) is 2.86. The monoisotopic (exact) mass is 240 g/mol. The van der Waals surface area contributed by atoms with E-state index in [9.17, 15) is 4.79 Å². The van der Waals surface area contributed by atoms with Gasteiger partial charge in [0.1, 0.15) is 0 Å². The maximum Gasteiger partial charge on any atom is 0.242 e. The van der Waals surface area contributed by atoms with Crippen molar-refractivity contribution in [2.45, 2.75) is 57.1 Å². The molecule has 98 valence electrons. The lowest BCUT2D eigenvalue weighted by molar-refractivity contribution is -0.145. The predicted octanol–water partition coefficient (Wildman–Crippen LogP) is 1.29. The van der Waals surface area contributed by atoms with Crippen molar-refractivity contribution >= 4 is 5.91 Å². The Morgan fingerprint density at radius 2 is 2.12 bits per heavy atom. The Hall–Kier alpha value is -0.610. The molecular weight excluding hydrogens is 216 g/mol. The molecule has 1 unspecified atom stereocenters. The van der Waals surface area contributed by atoms with Crippen LogP contribution in [0, 0.1) is 0 Å². The Balaban J connectivity index is 1.98. The van der Waals surface area contributed by atoms with Gasteiger partial charge in [-0.25, -0.2) is 0 Å². The van der Waals surface area contributed by atoms with Gasteiger partial charge in [-0.05, 0) is 19.3 Å². The van der Waals surface area contributed by atoms with E-state index in [2.05, 4.69) is 6.92 Å². The average Bonchev–Trinajstić information content (AvgIpc) is 2.39. The molecule has 2 rings (SSSR count). The van der Waals surface area contributed by atoms with Crippen LogP contribution in [0.3, 0.4) is 0 Å². The van der Waals surface area contributed by atoms with Gasteiger partial charge in [-0.2, -0.15) is 0 Å². The summed E-state index contributed by atoms with van der Waals surface area (Å²) in [6, 6.07) is 0. The van der Waals surface area contributed by atoms with E-state index in [-0.39, 0.29) is 12.0 Å². The highest BCUT2D eigenvalue weighted by Crippen LogP contribution is 2.28. The van der Waals surface area contributed by atoms with Crippen molar-refractivity contribution in [1.29, 1.82) is 0 Å². The molecule has 0 aromatic carbocycles. The molecule has 1 aliphatic heterocycles. The Morgan fingerprint density at radius 3 is 2.76 bits per heavy atom. The van der Waals surface area contributed by atoms with Crippen LogP contribution in [0.15, 0.2) is 0 Å². The molecular formula is C13H24N2O2. The van der Waals surface area contributed by atoms with Crippen LogP contribution < -0.4 is 5.73 Å². The number of hydrogen-bond acceptors (Lipinski definition) is 3. The van der Waals surface area contributed by atoms with Gasteiger partial charge in [0.05, 0.1) is 18.2 Å². The van der Waals surface area contributed by atoms with Crippen molar-refractivity contribution in [2.75, 3.05) is 19.7 Å². The number of rotatable bonds is 2. The number of nitrogens with two attached hydrogens (primary N) is 1. The zero-order valence-electron chi connectivity index (χ0n) is 10.8. The molecule has 2 N–H and O–H groups in total. The van der Waals surface area contributed by atoms with Gasteiger partial charge in [-0.3, -0.25) is 4.79 Å². The van der Waals surface area contributed by atoms with Crippen LogP contribution in [-0.2, 0) is 9.53 Å². The second-order valence-electron chi connectivity index (χ2n) is 5.37. The van der Waals surface area contributed by atoms with E-state index in [1.165, 1.54) is 6.42 Å². The van der Waals surface area contributed by atoms with Crippen LogP contribution in [0.5, 0.6) is 0 Å². The smallest absolute Gasteiger partial charge is 0.242 e. The summed E-state index contributed by atoms with van der Waals surface area (Å²) in [6.45, 7) is 4.17. The molecule has 2 fully saturated rings. The molecule has 0 aromatic heterocycles. The summed E-state index contributed by atoms with van der Waals surface area (Å²) in [5.74, 6) is 0.152. The number of amides is 1. The van der Waals surface area contributed by atoms with Crippen molar-refractivity contribution in [3.8, 4) is 0 Å². The van der Waals surface area contributed by atoms with Gasteiger partial charge < -0.3 is 15.4 Å². The summed E-state index contributed by atoms with van der Waals surface area (Å²) >= 11 is 0. The molecule has 4 nitrogen and oxygen atoms in total. The molecule has 1 amide bonds. The first-order valence-electron chi connectivity index (χ1n) is 6.85. The van der Waals surface area contributed by atoms with E-state index in [0.29, 0.717) is 19.7 Å². The molecule has 1 atom stereocenters. The Kier molecular flexibility index (Phi) is 4.05. The van der Waals surface area contributed by atoms with Gasteiger partial charge in [0, 0.05) is 13.1 Å². The minimum atomic E-state index is -0.589. The number of carbonyl (C=O) groups is 1. The standard InChI is InChI=1S/C13H24N2O2/c1-2-11-10-15(8-9-17-11)12(16)13(14)6-4-3-5-7-13/h11H,2-10,14H2,1H3. The minimum absolute atomic E-state index is 0.152. The average molecular weight is 240 g/mol. The van der Waals surface area contributed by atoms with Crippen molar-refractivity contribution in [2.24, 2.45) is 5.73 Å². The summed E-state index contributed by atoms with van der Waals surface area (Å²) in [4.78, 5) is 14.4. The normalized spacial score (nSPS) is 29.1. The second-order valence-corrected chi connectivity index (χ2v) is 5.37. The lowest BCUT2D eigenvalue weighted by Crippen LogP contribution is -2.59. The quantitative estimate of drug-likeness (QED) is 0.791. The third-order valence-corrected chi connectivity index (χ3v) is 4.05. The molecule has 4 heteroatoms. The molecule has 0 radical (unpaired) electrons. The number of nitrogens with zero attached hydrogens (tertiary/aromatic N) is 1. The van der Waals surface area contributed by atoms with Gasteiger partial charge in [0.15, 0.2) is 0 Å². The number of ether oxygens (including phenoxy) is 1. The van der Waals surface area contributed by atoms with Gasteiger partial charge in [-0.15, -0.1) is 0 Å². The summed E-state index contributed by atoms with van der Waals surface area (Å²) in [5, 5.41) is 0. The van der Waals surface area contributed by atoms with Gasteiger partial charge in [0.25, 0.3) is 0 Å². The van der Waals surface area contributed by atoms with Crippen molar-refractivity contribution in [3.05, 3.63) is 0 Å². The first-order chi connectivity index (χ1) is 8.15. The minimum Gasteiger partial charge on any atom is -0.375 e. The van der Waals surface area contributed by atoms with Crippen LogP contribution in [0.1, 0.15) is 45.4 Å². The lowest BCUT2D eigenvalue weighted by Gasteiger charge is -2.40. The maximum atomic E-state index is 12.5. The fourth-order valence-corrected chi connectivity index (χ4v) is 2.86. The topological polar surface area (TPSA) is 55.6 Å². The molecule has 0 bridgehead atoms. The van der Waals surface area contributed by atoms with Crippen LogP contribution in [-0.4, -0.2) is 42.1 Å². The molecule has 17 heavy (non-hydrogen) atoms. The van der Waals surface area contributed by atoms with E-state index in [1.807, 2.05) is 4.90 Å². The van der Waals surface area contributed by atoms with E-state index in [0.717, 1.165) is 32.1 Å².